The molecular weight excluding hydrogens is 249 g/mol. The Kier molecular flexibility index (Phi) is 3.07. The van der Waals surface area contributed by atoms with E-state index >= 15 is 0 Å². The highest BCUT2D eigenvalue weighted by Crippen LogP contribution is 2.37. The third kappa shape index (κ3) is 1.86. The van der Waals surface area contributed by atoms with E-state index in [2.05, 4.69) is 4.98 Å². The average molecular weight is 261 g/mol. The number of nitrogens with zero attached hydrogens (tertiary/aromatic N) is 2. The number of hydrogen-bond donors (Lipinski definition) is 4. The number of anilines is 1. The fraction of sp³-hybridized carbons (Fsp3) is 0.556. The van der Waals surface area contributed by atoms with E-state index in [0.29, 0.717) is 0 Å². The van der Waals surface area contributed by atoms with E-state index in [1.54, 1.807) is 0 Å². The molecule has 9 heteroatoms. The third-order valence-electron chi connectivity index (χ3n) is 2.73. The van der Waals surface area contributed by atoms with Crippen LogP contribution in [0.2, 0.25) is 0 Å². The minimum atomic E-state index is -3.15. The molecule has 1 saturated heterocycles. The Morgan fingerprint density at radius 3 is 2.83 bits per heavy atom. The molecular formula is C9H12FN3O5. The Balaban J connectivity index is 2.38. The average Bonchev–Trinajstić information content (AvgIpc) is 2.52. The van der Waals surface area contributed by atoms with Crippen molar-refractivity contribution in [3.63, 3.8) is 0 Å². The molecule has 4 atom stereocenters. The summed E-state index contributed by atoms with van der Waals surface area (Å²) in [7, 11) is 0. The van der Waals surface area contributed by atoms with E-state index in [9.17, 15) is 19.4 Å². The number of ether oxygens (including phenoxy) is 1. The van der Waals surface area contributed by atoms with Gasteiger partial charge in [0.2, 0.25) is 0 Å². The minimum absolute atomic E-state index is 0.0436. The number of nitrogen functional groups attached to an aromatic ring is 1. The van der Waals surface area contributed by atoms with Crippen molar-refractivity contribution in [2.45, 2.75) is 24.3 Å². The van der Waals surface area contributed by atoms with Gasteiger partial charge in [-0.2, -0.15) is 4.98 Å². The van der Waals surface area contributed by atoms with Crippen LogP contribution in [0.4, 0.5) is 10.2 Å². The molecule has 0 spiro atoms. The van der Waals surface area contributed by atoms with Gasteiger partial charge in [-0.05, 0) is 6.07 Å². The molecule has 2 rings (SSSR count). The van der Waals surface area contributed by atoms with Gasteiger partial charge in [0.25, 0.3) is 5.85 Å². The zero-order valence-electron chi connectivity index (χ0n) is 9.10. The molecule has 8 nitrogen and oxygen atoms in total. The van der Waals surface area contributed by atoms with Crippen LogP contribution < -0.4 is 11.4 Å². The van der Waals surface area contributed by atoms with Gasteiger partial charge in [0.1, 0.15) is 11.9 Å². The van der Waals surface area contributed by atoms with Gasteiger partial charge in [-0.25, -0.2) is 9.18 Å². The molecule has 2 heterocycles. The lowest BCUT2D eigenvalue weighted by molar-refractivity contribution is -0.181. The molecule has 18 heavy (non-hydrogen) atoms. The molecule has 100 valence electrons. The summed E-state index contributed by atoms with van der Waals surface area (Å²) in [4.78, 5) is 14.9. The van der Waals surface area contributed by atoms with Crippen molar-refractivity contribution in [3.8, 4) is 0 Å². The highest BCUT2D eigenvalue weighted by atomic mass is 19.2. The fourth-order valence-corrected chi connectivity index (χ4v) is 1.74. The van der Waals surface area contributed by atoms with Gasteiger partial charge in [-0.1, -0.05) is 0 Å². The summed E-state index contributed by atoms with van der Waals surface area (Å²) in [5.74, 6) is -3.20. The van der Waals surface area contributed by atoms with E-state index in [-0.39, 0.29) is 5.82 Å². The summed E-state index contributed by atoms with van der Waals surface area (Å²) in [6.07, 6.45) is -4.02. The number of rotatable bonds is 2. The number of hydrogen-bond acceptors (Lipinski definition) is 7. The van der Waals surface area contributed by atoms with Crippen LogP contribution in [0, 0.1) is 0 Å². The SMILES string of the molecule is Nc1ccn([C@@H]2O[C@H](CO)[C@](O)(F)[C@H]2O)c(=O)n1. The van der Waals surface area contributed by atoms with Gasteiger partial charge in [0.15, 0.2) is 12.3 Å². The second-order valence-corrected chi connectivity index (χ2v) is 3.91. The molecule has 0 saturated carbocycles. The van der Waals surface area contributed by atoms with Crippen molar-refractivity contribution in [1.29, 1.82) is 0 Å². The molecule has 0 aromatic carbocycles. The van der Waals surface area contributed by atoms with Crippen molar-refractivity contribution >= 4 is 5.82 Å². The molecule has 5 N–H and O–H groups in total. The molecule has 1 aromatic heterocycles. The zero-order valence-corrected chi connectivity index (χ0v) is 9.10. The number of aliphatic hydroxyl groups is 3. The second kappa shape index (κ2) is 4.28. The fourth-order valence-electron chi connectivity index (χ4n) is 1.74. The predicted molar refractivity (Wildman–Crippen MR) is 56.0 cm³/mol. The lowest BCUT2D eigenvalue weighted by atomic mass is 10.1. The van der Waals surface area contributed by atoms with Crippen LogP contribution in [0.25, 0.3) is 0 Å². The first-order chi connectivity index (χ1) is 8.37. The van der Waals surface area contributed by atoms with Crippen LogP contribution in [0.15, 0.2) is 17.1 Å². The maximum absolute atomic E-state index is 13.7. The zero-order chi connectivity index (χ0) is 13.5. The van der Waals surface area contributed by atoms with Crippen LogP contribution in [-0.2, 0) is 4.74 Å². The smallest absolute Gasteiger partial charge is 0.351 e. The van der Waals surface area contributed by atoms with E-state index in [4.69, 9.17) is 15.6 Å². The topological polar surface area (TPSA) is 131 Å². The van der Waals surface area contributed by atoms with Gasteiger partial charge in [-0.15, -0.1) is 0 Å². The number of aliphatic hydroxyl groups excluding tert-OH is 2. The molecule has 0 radical (unpaired) electrons. The van der Waals surface area contributed by atoms with E-state index in [1.807, 2.05) is 0 Å². The summed E-state index contributed by atoms with van der Waals surface area (Å²) in [6.45, 7) is -0.849. The summed E-state index contributed by atoms with van der Waals surface area (Å²) in [5.41, 5.74) is 4.41. The van der Waals surface area contributed by atoms with Crippen molar-refractivity contribution < 1.29 is 24.4 Å². The first-order valence-corrected chi connectivity index (χ1v) is 5.08. The Labute approximate surface area is 100 Å². The number of aromatic nitrogens is 2. The van der Waals surface area contributed by atoms with Gasteiger partial charge in [0.05, 0.1) is 6.61 Å². The van der Waals surface area contributed by atoms with Crippen molar-refractivity contribution in [2.24, 2.45) is 0 Å². The van der Waals surface area contributed by atoms with Gasteiger partial charge in [-0.3, -0.25) is 4.57 Å². The lowest BCUT2D eigenvalue weighted by Crippen LogP contribution is -2.45. The highest BCUT2D eigenvalue weighted by molar-refractivity contribution is 5.23. The molecule has 1 aliphatic rings. The van der Waals surface area contributed by atoms with Gasteiger partial charge < -0.3 is 25.8 Å². The first-order valence-electron chi connectivity index (χ1n) is 5.08. The maximum atomic E-state index is 13.7. The normalized spacial score (nSPS) is 35.9. The molecule has 1 fully saturated rings. The number of alkyl halides is 1. The highest BCUT2D eigenvalue weighted by Gasteiger charge is 2.57. The van der Waals surface area contributed by atoms with Crippen LogP contribution >= 0.6 is 0 Å². The molecule has 0 aliphatic carbocycles. The monoisotopic (exact) mass is 261 g/mol. The maximum Gasteiger partial charge on any atom is 0.351 e. The molecule has 0 unspecified atom stereocenters. The summed E-state index contributed by atoms with van der Waals surface area (Å²) in [5, 5.41) is 27.8. The molecule has 0 bridgehead atoms. The van der Waals surface area contributed by atoms with E-state index in [1.165, 1.54) is 6.07 Å². The third-order valence-corrected chi connectivity index (χ3v) is 2.73. The van der Waals surface area contributed by atoms with Crippen molar-refractivity contribution in [1.82, 2.24) is 9.55 Å². The van der Waals surface area contributed by atoms with Crippen LogP contribution in [0.1, 0.15) is 6.23 Å². The van der Waals surface area contributed by atoms with Gasteiger partial charge in [0, 0.05) is 6.20 Å². The number of nitrogens with two attached hydrogens (primary N) is 1. The molecule has 1 aliphatic heterocycles. The van der Waals surface area contributed by atoms with Gasteiger partial charge >= 0.3 is 5.69 Å². The Bertz CT molecular complexity index is 505. The van der Waals surface area contributed by atoms with Crippen molar-refractivity contribution in [2.75, 3.05) is 12.3 Å². The summed E-state index contributed by atoms with van der Waals surface area (Å²) < 4.78 is 19.4. The van der Waals surface area contributed by atoms with Crippen LogP contribution in [0.3, 0.4) is 0 Å². The van der Waals surface area contributed by atoms with Crippen molar-refractivity contribution in [3.05, 3.63) is 22.7 Å². The standard InChI is InChI=1S/C9H12FN3O5/c10-9(17)4(3-14)18-7(6(9)15)13-2-1-5(11)12-8(13)16/h1-2,4,6-7,14-15,17H,3H2,(H2,11,12,16)/t4-,6+,7-,9-/m1/s1. The molecule has 1 aromatic rings. The van der Waals surface area contributed by atoms with Crippen LogP contribution in [-0.4, -0.2) is 49.5 Å². The quantitative estimate of drug-likeness (QED) is 0.472. The second-order valence-electron chi connectivity index (χ2n) is 3.91. The van der Waals surface area contributed by atoms with Crippen LogP contribution in [0.5, 0.6) is 0 Å². The van der Waals surface area contributed by atoms with E-state index in [0.717, 1.165) is 10.8 Å². The number of halogens is 1. The van der Waals surface area contributed by atoms with E-state index < -0.39 is 36.6 Å². The molecule has 0 amide bonds. The Morgan fingerprint density at radius 2 is 2.33 bits per heavy atom. The summed E-state index contributed by atoms with van der Waals surface area (Å²) >= 11 is 0. The Morgan fingerprint density at radius 1 is 1.67 bits per heavy atom. The largest absolute Gasteiger partial charge is 0.393 e. The Hall–Kier alpha value is -1.55. The first kappa shape index (κ1) is 12.9. The minimum Gasteiger partial charge on any atom is -0.393 e. The lowest BCUT2D eigenvalue weighted by Gasteiger charge is -2.20. The summed E-state index contributed by atoms with van der Waals surface area (Å²) in [6, 6.07) is 1.25. The predicted octanol–water partition coefficient (Wildman–Crippen LogP) is -2.27.